The van der Waals surface area contributed by atoms with Gasteiger partial charge in [0.1, 0.15) is 0 Å². The van der Waals surface area contributed by atoms with Crippen molar-refractivity contribution in [3.63, 3.8) is 0 Å². The monoisotopic (exact) mass is 914 g/mol. The van der Waals surface area contributed by atoms with Crippen molar-refractivity contribution < 1.29 is 29.0 Å². The molecule has 48 heavy (non-hydrogen) atoms. The Morgan fingerprint density at radius 1 is 0.354 bits per heavy atom. The first-order chi connectivity index (χ1) is 18.8. The van der Waals surface area contributed by atoms with Crippen molar-refractivity contribution in [2.45, 2.75) is 198 Å². The van der Waals surface area contributed by atoms with Crippen LogP contribution in [0.25, 0.3) is 0 Å². The van der Waals surface area contributed by atoms with Gasteiger partial charge < -0.3 is 21.9 Å². The predicted molar refractivity (Wildman–Crippen MR) is 225 cm³/mol. The Morgan fingerprint density at radius 3 is 0.583 bits per heavy atom. The van der Waals surface area contributed by atoms with Gasteiger partial charge in [0, 0.05) is 0 Å². The Kier molecular flexibility index (Phi) is 28.6. The zero-order valence-electron chi connectivity index (χ0n) is 36.6. The molecule has 0 aliphatic carbocycles. The normalized spacial score (nSPS) is 12.3. The molecule has 0 aliphatic heterocycles. The summed E-state index contributed by atoms with van der Waals surface area (Å²) in [7, 11) is 0. The van der Waals surface area contributed by atoms with Crippen molar-refractivity contribution in [1.29, 1.82) is 0 Å². The fraction of sp³-hybridized carbons (Fsp3) is 0.842. The topological polar surface area (TPSA) is 147 Å². The van der Waals surface area contributed by atoms with Gasteiger partial charge in [-0.1, -0.05) is 0 Å². The molecule has 0 aromatic heterocycles. The van der Waals surface area contributed by atoms with E-state index in [2.05, 4.69) is 190 Å². The van der Waals surface area contributed by atoms with Gasteiger partial charge in [0.2, 0.25) is 0 Å². The standard InChI is InChI=1S/C6H6O2.8C4H9.4Ga.4H2O/c7-5-1-2-6(8)4-3-5;8*1-4(2)3;;;;;;;;/h1-4,7-8H;8*1-3H3;;;;;4*1H2/q;;;;;;;;;;;2*+1;;;;. The van der Waals surface area contributed by atoms with Crippen LogP contribution < -0.4 is 7.06 Å². The molecule has 0 heterocycles. The molecule has 0 saturated carbocycles. The molecular weight excluding hydrogens is 831 g/mol. The van der Waals surface area contributed by atoms with E-state index in [1.54, 1.807) is 0 Å². The van der Waals surface area contributed by atoms with Gasteiger partial charge in [-0.3, -0.25) is 0 Å². The molecule has 0 saturated heterocycles. The van der Waals surface area contributed by atoms with Crippen LogP contribution >= 0.6 is 0 Å². The quantitative estimate of drug-likeness (QED) is 0.219. The van der Waals surface area contributed by atoms with Crippen LogP contribution in [0.1, 0.15) is 166 Å². The summed E-state index contributed by atoms with van der Waals surface area (Å²) in [6.07, 6.45) is 0. The SMILES string of the molecule is C[C](C)(C)[Ga]([O]c1ccc([O][Ga]([C](C)(C)C)[C](C)(C)C)cc1)[C](C)(C)C.C[C](C)(C)[Ga][C](C)(C)C.C[C](C)(C)[Ga][C](C)(C)C.O.O.[OH3+].[OH3+]. The van der Waals surface area contributed by atoms with Crippen molar-refractivity contribution in [2.24, 2.45) is 0 Å². The number of hydrogen-bond acceptors (Lipinski definition) is 2. The molecule has 6 nitrogen and oxygen atoms in total. The summed E-state index contributed by atoms with van der Waals surface area (Å²) >= 11 is -4.18. The summed E-state index contributed by atoms with van der Waals surface area (Å²) in [5, 5.41) is 0. The average Bonchev–Trinajstić information content (AvgIpc) is 2.63. The van der Waals surface area contributed by atoms with Crippen LogP contribution in [0.3, 0.4) is 0 Å². The second kappa shape index (κ2) is 22.4. The van der Waals surface area contributed by atoms with Gasteiger partial charge in [-0.25, -0.2) is 0 Å². The fourth-order valence-corrected chi connectivity index (χ4v) is 33.3. The summed E-state index contributed by atoms with van der Waals surface area (Å²) in [5.41, 5.74) is 0. The van der Waals surface area contributed by atoms with Gasteiger partial charge in [0.05, 0.1) is 0 Å². The summed E-state index contributed by atoms with van der Waals surface area (Å²) in [5.74, 6) is 2.01. The second-order valence-corrected chi connectivity index (χ2v) is 56.1. The maximum absolute atomic E-state index is 6.59. The first kappa shape index (κ1) is 61.3. The number of benzene rings is 1. The van der Waals surface area contributed by atoms with E-state index in [-0.39, 0.29) is 72.6 Å². The van der Waals surface area contributed by atoms with Gasteiger partial charge in [-0.05, 0) is 0 Å². The maximum Gasteiger partial charge on any atom is -0.412 e. The molecule has 1 aromatic carbocycles. The summed E-state index contributed by atoms with van der Waals surface area (Å²) in [6, 6.07) is 8.43. The Hall–Kier alpha value is 1.21. The molecule has 0 bridgehead atoms. The molecule has 0 fully saturated rings. The second-order valence-electron chi connectivity index (χ2n) is 21.7. The molecule has 0 atom stereocenters. The van der Waals surface area contributed by atoms with Gasteiger partial charge in [-0.2, -0.15) is 0 Å². The van der Waals surface area contributed by atoms with Gasteiger partial charge >= 0.3 is 309 Å². The van der Waals surface area contributed by atoms with E-state index in [9.17, 15) is 0 Å². The fourth-order valence-electron chi connectivity index (χ4n) is 6.77. The first-order valence-corrected chi connectivity index (χ1v) is 28.7. The molecule has 0 amide bonds. The smallest absolute Gasteiger partial charge is 0.412 e. The van der Waals surface area contributed by atoms with Crippen molar-refractivity contribution >= 4 is 68.0 Å². The summed E-state index contributed by atoms with van der Waals surface area (Å²) in [6.45, 7) is 56.2. The van der Waals surface area contributed by atoms with E-state index in [0.29, 0.717) is 15.9 Å². The van der Waals surface area contributed by atoms with Crippen LogP contribution in [-0.4, -0.2) is 78.9 Å². The average molecular weight is 918 g/mol. The van der Waals surface area contributed by atoms with E-state index in [1.807, 2.05) is 0 Å². The Morgan fingerprint density at radius 2 is 0.500 bits per heavy atom. The third-order valence-electron chi connectivity index (χ3n) is 6.21. The zero-order chi connectivity index (χ0) is 36.0. The van der Waals surface area contributed by atoms with Gasteiger partial charge in [0.25, 0.3) is 0 Å². The molecule has 1 aromatic rings. The molecular formula is C38H86Ga4O6+2. The zero-order valence-corrected chi connectivity index (χ0v) is 46.3. The maximum atomic E-state index is 6.59. The van der Waals surface area contributed by atoms with E-state index in [4.69, 9.17) is 7.06 Å². The minimum Gasteiger partial charge on any atom is -0.457 e. The Labute approximate surface area is 327 Å². The molecule has 0 unspecified atom stereocenters. The predicted octanol–water partition coefficient (Wildman–Crippen LogP) is 10.4. The van der Waals surface area contributed by atoms with Crippen LogP contribution in [0.5, 0.6) is 11.5 Å². The van der Waals surface area contributed by atoms with E-state index in [1.165, 1.54) is 0 Å². The third-order valence-corrected chi connectivity index (χ3v) is 28.8. The van der Waals surface area contributed by atoms with Crippen molar-refractivity contribution in [3.8, 4) is 11.5 Å². The van der Waals surface area contributed by atoms with Crippen LogP contribution in [0.2, 0.25) is 31.8 Å². The van der Waals surface area contributed by atoms with Crippen LogP contribution in [-0.2, 0) is 11.0 Å². The molecule has 10 heteroatoms. The summed E-state index contributed by atoms with van der Waals surface area (Å²) < 4.78 is 16.8. The molecule has 10 N–H and O–H groups in total. The van der Waals surface area contributed by atoms with Crippen molar-refractivity contribution in [2.75, 3.05) is 0 Å². The Balaban J connectivity index is -0.000000167. The first-order valence-electron chi connectivity index (χ1n) is 17.0. The largest absolute Gasteiger partial charge is 0.457 e. The van der Waals surface area contributed by atoms with E-state index in [0.717, 1.165) is 11.5 Å². The summed E-state index contributed by atoms with van der Waals surface area (Å²) in [4.78, 5) is 0. The van der Waals surface area contributed by atoms with Crippen molar-refractivity contribution in [1.82, 2.24) is 0 Å². The van der Waals surface area contributed by atoms with Crippen LogP contribution in [0.15, 0.2) is 24.3 Å². The Bertz CT molecular complexity index is 812. The third kappa shape index (κ3) is 33.1. The van der Waals surface area contributed by atoms with Crippen LogP contribution in [0, 0.1) is 0 Å². The van der Waals surface area contributed by atoms with Crippen molar-refractivity contribution in [3.05, 3.63) is 24.3 Å². The van der Waals surface area contributed by atoms with E-state index >= 15 is 0 Å². The van der Waals surface area contributed by atoms with Crippen LogP contribution in [0.4, 0.5) is 0 Å². The molecule has 1 rings (SSSR count). The minimum absolute atomic E-state index is 0. The minimum atomic E-state index is -2.03. The molecule has 0 spiro atoms. The van der Waals surface area contributed by atoms with Gasteiger partial charge in [0.15, 0.2) is 0 Å². The number of rotatable bonds is 4. The molecule has 284 valence electrons. The van der Waals surface area contributed by atoms with Gasteiger partial charge in [-0.15, -0.1) is 0 Å². The molecule has 2 radical (unpaired) electrons. The van der Waals surface area contributed by atoms with E-state index < -0.39 is 33.2 Å². The number of hydrogen-bond donors (Lipinski definition) is 0. The molecule has 0 aliphatic rings.